The molecular weight excluding hydrogens is 531 g/mol. The minimum Gasteiger partial charge on any atom is -0.504 e. The van der Waals surface area contributed by atoms with Gasteiger partial charge in [0.2, 0.25) is 0 Å². The third kappa shape index (κ3) is 6.68. The van der Waals surface area contributed by atoms with E-state index in [-0.39, 0.29) is 11.7 Å². The number of hydrogen-bond donors (Lipinski definition) is 3. The van der Waals surface area contributed by atoms with Crippen LogP contribution in [0.3, 0.4) is 0 Å². The van der Waals surface area contributed by atoms with E-state index in [1.807, 2.05) is 13.0 Å². The molecule has 4 rings (SSSR count). The fourth-order valence-corrected chi connectivity index (χ4v) is 4.54. The van der Waals surface area contributed by atoms with E-state index < -0.39 is 0 Å². The number of thiazole rings is 1. The summed E-state index contributed by atoms with van der Waals surface area (Å²) in [5, 5.41) is 19.0. The summed E-state index contributed by atoms with van der Waals surface area (Å²) in [6.45, 7) is 1.86. The monoisotopic (exact) mass is 552 g/mol. The molecule has 0 saturated heterocycles. The number of aromatic nitrogens is 1. The first-order valence-corrected chi connectivity index (χ1v) is 12.6. The number of nitrogens with zero attached hydrogens (tertiary/aromatic N) is 2. The molecule has 0 atom stereocenters. The van der Waals surface area contributed by atoms with Crippen LogP contribution in [0.25, 0.3) is 6.08 Å². The van der Waals surface area contributed by atoms with E-state index in [1.165, 1.54) is 18.4 Å². The molecule has 0 bridgehead atoms. The highest BCUT2D eigenvalue weighted by molar-refractivity contribution is 7.17. The van der Waals surface area contributed by atoms with Crippen molar-refractivity contribution in [3.05, 3.63) is 105 Å². The number of nitrogens with one attached hydrogen (secondary N) is 2. The van der Waals surface area contributed by atoms with Gasteiger partial charge in [0.15, 0.2) is 16.6 Å². The number of ether oxygens (including phenoxy) is 1. The average molecular weight is 553 g/mol. The van der Waals surface area contributed by atoms with Crippen LogP contribution in [0.5, 0.6) is 11.5 Å². The van der Waals surface area contributed by atoms with E-state index in [4.69, 9.17) is 27.9 Å². The highest BCUT2D eigenvalue weighted by atomic mass is 35.5. The van der Waals surface area contributed by atoms with Crippen LogP contribution in [-0.4, -0.2) is 28.8 Å². The van der Waals surface area contributed by atoms with Gasteiger partial charge in [-0.2, -0.15) is 5.10 Å². The van der Waals surface area contributed by atoms with Crippen molar-refractivity contribution in [2.45, 2.75) is 6.92 Å². The third-order valence-electron chi connectivity index (χ3n) is 5.15. The number of hydrazone groups is 1. The minimum absolute atomic E-state index is 0.0417. The molecule has 0 aliphatic heterocycles. The molecule has 4 aromatic rings. The van der Waals surface area contributed by atoms with E-state index in [9.17, 15) is 9.90 Å². The van der Waals surface area contributed by atoms with Crippen molar-refractivity contribution in [3.63, 3.8) is 0 Å². The van der Waals surface area contributed by atoms with E-state index in [0.29, 0.717) is 37.9 Å². The standard InChI is InChI=1S/C27H22Cl2N4O3S/c1-16-25(37-27(30-16)31-19-10-11-20(28)21(29)15-19)22(32-33-26(35)18-6-4-3-5-7-18)12-8-17-9-13-23(34)24(14-17)36-2/h3-15,34H,1-2H3,(H,30,31)(H,33,35)/b12-8?,32-22+. The predicted octanol–water partition coefficient (Wildman–Crippen LogP) is 7.06. The van der Waals surface area contributed by atoms with Crippen molar-refractivity contribution in [2.75, 3.05) is 12.4 Å². The van der Waals surface area contributed by atoms with Crippen LogP contribution in [0.15, 0.2) is 77.9 Å². The number of methoxy groups -OCH3 is 1. The lowest BCUT2D eigenvalue weighted by Gasteiger charge is -2.05. The molecule has 0 fully saturated rings. The molecule has 0 aliphatic carbocycles. The van der Waals surface area contributed by atoms with Crippen LogP contribution in [0.1, 0.15) is 26.5 Å². The van der Waals surface area contributed by atoms with Crippen molar-refractivity contribution in [2.24, 2.45) is 5.10 Å². The highest BCUT2D eigenvalue weighted by Crippen LogP contribution is 2.31. The molecule has 0 aliphatic rings. The largest absolute Gasteiger partial charge is 0.504 e. The normalized spacial score (nSPS) is 11.5. The lowest BCUT2D eigenvalue weighted by atomic mass is 10.1. The van der Waals surface area contributed by atoms with E-state index in [2.05, 4.69) is 20.8 Å². The van der Waals surface area contributed by atoms with Crippen LogP contribution in [0.4, 0.5) is 10.8 Å². The molecule has 0 spiro atoms. The van der Waals surface area contributed by atoms with Gasteiger partial charge < -0.3 is 15.2 Å². The molecule has 1 aromatic heterocycles. The van der Waals surface area contributed by atoms with Crippen LogP contribution < -0.4 is 15.5 Å². The number of phenols is 1. The topological polar surface area (TPSA) is 95.8 Å². The number of rotatable bonds is 8. The fraction of sp³-hybridized carbons (Fsp3) is 0.0741. The van der Waals surface area contributed by atoms with Gasteiger partial charge in [-0.1, -0.05) is 64.9 Å². The second kappa shape index (κ2) is 11.9. The molecule has 37 heavy (non-hydrogen) atoms. The minimum atomic E-state index is -0.339. The van der Waals surface area contributed by atoms with Crippen LogP contribution >= 0.6 is 34.5 Å². The summed E-state index contributed by atoms with van der Waals surface area (Å²) >= 11 is 13.5. The molecule has 10 heteroatoms. The SMILES string of the molecule is COc1cc(C=C/C(=N\NC(=O)c2ccccc2)c2sc(Nc3ccc(Cl)c(Cl)c3)nc2C)ccc1O. The molecular formula is C27H22Cl2N4O3S. The lowest BCUT2D eigenvalue weighted by molar-refractivity contribution is 0.0955. The number of carbonyl (C=O) groups excluding carboxylic acids is 1. The number of hydrogen-bond acceptors (Lipinski definition) is 7. The Morgan fingerprint density at radius 3 is 2.59 bits per heavy atom. The summed E-state index contributed by atoms with van der Waals surface area (Å²) in [5.74, 6) is 0.0502. The van der Waals surface area contributed by atoms with Crippen molar-refractivity contribution >= 4 is 63.1 Å². The first kappa shape index (κ1) is 26.2. The Balaban J connectivity index is 1.66. The number of aryl methyl sites for hydroxylation is 1. The van der Waals surface area contributed by atoms with Gasteiger partial charge >= 0.3 is 0 Å². The Morgan fingerprint density at radius 1 is 1.08 bits per heavy atom. The smallest absolute Gasteiger partial charge is 0.271 e. The van der Waals surface area contributed by atoms with E-state index in [0.717, 1.165) is 16.1 Å². The number of amides is 1. The van der Waals surface area contributed by atoms with Gasteiger partial charge in [0.25, 0.3) is 5.91 Å². The maximum Gasteiger partial charge on any atom is 0.271 e. The summed E-state index contributed by atoms with van der Waals surface area (Å²) in [4.78, 5) is 18.0. The number of aromatic hydroxyl groups is 1. The van der Waals surface area contributed by atoms with E-state index >= 15 is 0 Å². The summed E-state index contributed by atoms with van der Waals surface area (Å²) < 4.78 is 5.19. The molecule has 0 saturated carbocycles. The van der Waals surface area contributed by atoms with Crippen molar-refractivity contribution in [3.8, 4) is 11.5 Å². The van der Waals surface area contributed by atoms with Crippen molar-refractivity contribution in [1.29, 1.82) is 0 Å². The van der Waals surface area contributed by atoms with Gasteiger partial charge in [0.1, 0.15) is 5.71 Å². The highest BCUT2D eigenvalue weighted by Gasteiger charge is 2.14. The maximum atomic E-state index is 12.6. The number of anilines is 2. The van der Waals surface area contributed by atoms with Gasteiger partial charge in [0, 0.05) is 11.3 Å². The molecule has 0 unspecified atom stereocenters. The van der Waals surface area contributed by atoms with E-state index in [1.54, 1.807) is 72.8 Å². The van der Waals surface area contributed by atoms with Crippen LogP contribution in [-0.2, 0) is 0 Å². The molecule has 3 aromatic carbocycles. The lowest BCUT2D eigenvalue weighted by Crippen LogP contribution is -2.19. The summed E-state index contributed by atoms with van der Waals surface area (Å²) in [5.41, 5.74) is 5.83. The maximum absolute atomic E-state index is 12.6. The quantitative estimate of drug-likeness (QED) is 0.160. The van der Waals surface area contributed by atoms with Gasteiger partial charge in [-0.15, -0.1) is 0 Å². The average Bonchev–Trinajstić information content (AvgIpc) is 3.26. The van der Waals surface area contributed by atoms with Gasteiger partial charge in [0.05, 0.1) is 27.7 Å². The van der Waals surface area contributed by atoms with Crippen molar-refractivity contribution < 1.29 is 14.6 Å². The number of phenolic OH excluding ortho intramolecular Hbond substituents is 1. The predicted molar refractivity (Wildman–Crippen MR) is 151 cm³/mol. The first-order valence-electron chi connectivity index (χ1n) is 11.0. The Labute approximate surface area is 228 Å². The Morgan fingerprint density at radius 2 is 1.86 bits per heavy atom. The number of benzene rings is 3. The van der Waals surface area contributed by atoms with Gasteiger partial charge in [-0.3, -0.25) is 4.79 Å². The summed E-state index contributed by atoms with van der Waals surface area (Å²) in [6.07, 6.45) is 3.57. The second-order valence-electron chi connectivity index (χ2n) is 7.76. The number of carbonyl (C=O) groups is 1. The Hall–Kier alpha value is -3.85. The molecule has 188 valence electrons. The summed E-state index contributed by atoms with van der Waals surface area (Å²) in [6, 6.07) is 19.0. The number of halogens is 2. The molecule has 7 nitrogen and oxygen atoms in total. The second-order valence-corrected chi connectivity index (χ2v) is 9.57. The zero-order valence-electron chi connectivity index (χ0n) is 19.8. The molecule has 3 N–H and O–H groups in total. The van der Waals surface area contributed by atoms with Crippen molar-refractivity contribution in [1.82, 2.24) is 10.4 Å². The molecule has 1 heterocycles. The first-order chi connectivity index (χ1) is 17.8. The van der Waals surface area contributed by atoms with Gasteiger partial charge in [-0.05, 0) is 61.0 Å². The Kier molecular flexibility index (Phi) is 8.45. The third-order valence-corrected chi connectivity index (χ3v) is 6.99. The van der Waals surface area contributed by atoms with Gasteiger partial charge in [-0.25, -0.2) is 10.4 Å². The zero-order valence-corrected chi connectivity index (χ0v) is 22.2. The zero-order chi connectivity index (χ0) is 26.4. The van der Waals surface area contributed by atoms with Crippen LogP contribution in [0, 0.1) is 6.92 Å². The molecule has 0 radical (unpaired) electrons. The fourth-order valence-electron chi connectivity index (χ4n) is 3.29. The summed E-state index contributed by atoms with van der Waals surface area (Å²) in [7, 11) is 1.48. The van der Waals surface area contributed by atoms with Crippen LogP contribution in [0.2, 0.25) is 10.0 Å². The Bertz CT molecular complexity index is 1490. The number of allylic oxidation sites excluding steroid dienone is 1. The molecule has 1 amide bonds.